The highest BCUT2D eigenvalue weighted by Gasteiger charge is 2.18. The SMILES string of the molecule is Sc1ccc(C2CCNC2)c(Cl)c1. The first-order valence-corrected chi connectivity index (χ1v) is 5.29. The average Bonchev–Trinajstić information content (AvgIpc) is 2.56. The third-order valence-electron chi connectivity index (χ3n) is 2.48. The van der Waals surface area contributed by atoms with Gasteiger partial charge >= 0.3 is 0 Å². The van der Waals surface area contributed by atoms with Crippen LogP contribution in [0.25, 0.3) is 0 Å². The molecule has 0 amide bonds. The predicted molar refractivity (Wildman–Crippen MR) is 58.9 cm³/mol. The van der Waals surface area contributed by atoms with Crippen LogP contribution in [0.15, 0.2) is 23.1 Å². The number of thiol groups is 1. The summed E-state index contributed by atoms with van der Waals surface area (Å²) >= 11 is 10.4. The fourth-order valence-corrected chi connectivity index (χ4v) is 2.38. The van der Waals surface area contributed by atoms with Gasteiger partial charge in [0, 0.05) is 16.5 Å². The van der Waals surface area contributed by atoms with E-state index in [9.17, 15) is 0 Å². The smallest absolute Gasteiger partial charge is 0.0452 e. The Morgan fingerprint density at radius 3 is 2.92 bits per heavy atom. The summed E-state index contributed by atoms with van der Waals surface area (Å²) in [5.41, 5.74) is 1.25. The molecule has 0 radical (unpaired) electrons. The van der Waals surface area contributed by atoms with Gasteiger partial charge in [-0.2, -0.15) is 0 Å². The Morgan fingerprint density at radius 2 is 2.31 bits per heavy atom. The molecule has 1 nitrogen and oxygen atoms in total. The van der Waals surface area contributed by atoms with E-state index in [-0.39, 0.29) is 0 Å². The molecule has 0 aliphatic carbocycles. The van der Waals surface area contributed by atoms with E-state index in [0.717, 1.165) is 23.0 Å². The summed E-state index contributed by atoms with van der Waals surface area (Å²) in [6.45, 7) is 2.15. The Balaban J connectivity index is 2.29. The number of halogens is 1. The number of rotatable bonds is 1. The molecule has 1 aromatic rings. The van der Waals surface area contributed by atoms with Crippen LogP contribution in [0.5, 0.6) is 0 Å². The molecule has 2 rings (SSSR count). The van der Waals surface area contributed by atoms with Crippen molar-refractivity contribution in [1.29, 1.82) is 0 Å². The Labute approximate surface area is 88.9 Å². The van der Waals surface area contributed by atoms with E-state index < -0.39 is 0 Å². The van der Waals surface area contributed by atoms with Gasteiger partial charge in [0.15, 0.2) is 0 Å². The minimum absolute atomic E-state index is 0.585. The maximum atomic E-state index is 6.13. The summed E-state index contributed by atoms with van der Waals surface area (Å²) in [5.74, 6) is 0.585. The van der Waals surface area contributed by atoms with Crippen molar-refractivity contribution in [2.45, 2.75) is 17.2 Å². The van der Waals surface area contributed by atoms with Crippen LogP contribution in [-0.4, -0.2) is 13.1 Å². The zero-order valence-electron chi connectivity index (χ0n) is 7.26. The van der Waals surface area contributed by atoms with Crippen molar-refractivity contribution in [1.82, 2.24) is 5.32 Å². The van der Waals surface area contributed by atoms with Gasteiger partial charge in [0.1, 0.15) is 0 Å². The molecular formula is C10H12ClNS. The molecule has 0 bridgehead atoms. The summed E-state index contributed by atoms with van der Waals surface area (Å²) in [5, 5.41) is 4.18. The molecular weight excluding hydrogens is 202 g/mol. The molecule has 1 fully saturated rings. The maximum Gasteiger partial charge on any atom is 0.0452 e. The Bertz CT molecular complexity index is 308. The van der Waals surface area contributed by atoms with Gasteiger partial charge in [-0.3, -0.25) is 0 Å². The fourth-order valence-electron chi connectivity index (χ4n) is 1.77. The van der Waals surface area contributed by atoms with Crippen molar-refractivity contribution in [3.05, 3.63) is 28.8 Å². The highest BCUT2D eigenvalue weighted by atomic mass is 35.5. The van der Waals surface area contributed by atoms with Crippen LogP contribution >= 0.6 is 24.2 Å². The molecule has 0 aromatic heterocycles. The van der Waals surface area contributed by atoms with Gasteiger partial charge in [0.25, 0.3) is 0 Å². The molecule has 0 saturated carbocycles. The Kier molecular flexibility index (Phi) is 2.82. The molecule has 1 saturated heterocycles. The van der Waals surface area contributed by atoms with Crippen LogP contribution in [0.3, 0.4) is 0 Å². The molecule has 1 N–H and O–H groups in total. The lowest BCUT2D eigenvalue weighted by Gasteiger charge is -2.10. The van der Waals surface area contributed by atoms with Crippen LogP contribution in [0.1, 0.15) is 17.9 Å². The van der Waals surface area contributed by atoms with Crippen LogP contribution < -0.4 is 5.32 Å². The second kappa shape index (κ2) is 3.91. The van der Waals surface area contributed by atoms with Crippen molar-refractivity contribution in [2.75, 3.05) is 13.1 Å². The molecule has 1 unspecified atom stereocenters. The van der Waals surface area contributed by atoms with Gasteiger partial charge in [0.2, 0.25) is 0 Å². The first-order valence-electron chi connectivity index (χ1n) is 4.46. The van der Waals surface area contributed by atoms with Gasteiger partial charge in [-0.25, -0.2) is 0 Å². The molecule has 13 heavy (non-hydrogen) atoms. The summed E-state index contributed by atoms with van der Waals surface area (Å²) in [6.07, 6.45) is 1.19. The zero-order valence-corrected chi connectivity index (χ0v) is 8.91. The highest BCUT2D eigenvalue weighted by Crippen LogP contribution is 2.30. The molecule has 1 aromatic carbocycles. The summed E-state index contributed by atoms with van der Waals surface area (Å²) < 4.78 is 0. The van der Waals surface area contributed by atoms with Crippen molar-refractivity contribution in [3.8, 4) is 0 Å². The summed E-state index contributed by atoms with van der Waals surface area (Å²) in [7, 11) is 0. The van der Waals surface area contributed by atoms with E-state index in [2.05, 4.69) is 24.0 Å². The van der Waals surface area contributed by atoms with Crippen molar-refractivity contribution >= 4 is 24.2 Å². The second-order valence-electron chi connectivity index (χ2n) is 3.40. The van der Waals surface area contributed by atoms with Crippen LogP contribution in [-0.2, 0) is 0 Å². The third-order valence-corrected chi connectivity index (χ3v) is 3.09. The van der Waals surface area contributed by atoms with Gasteiger partial charge in [-0.05, 0) is 36.6 Å². The first kappa shape index (κ1) is 9.38. The van der Waals surface area contributed by atoms with Gasteiger partial charge in [-0.15, -0.1) is 12.6 Å². The standard InChI is InChI=1S/C10H12ClNS/c11-10-5-8(13)1-2-9(10)7-3-4-12-6-7/h1-2,5,7,12-13H,3-4,6H2. The Morgan fingerprint density at radius 1 is 1.46 bits per heavy atom. The van der Waals surface area contributed by atoms with Crippen molar-refractivity contribution in [3.63, 3.8) is 0 Å². The number of hydrogen-bond acceptors (Lipinski definition) is 2. The van der Waals surface area contributed by atoms with E-state index in [0.29, 0.717) is 5.92 Å². The lowest BCUT2D eigenvalue weighted by Crippen LogP contribution is -2.08. The molecule has 0 spiro atoms. The van der Waals surface area contributed by atoms with Gasteiger partial charge in [0.05, 0.1) is 0 Å². The van der Waals surface area contributed by atoms with Gasteiger partial charge in [-0.1, -0.05) is 17.7 Å². The number of benzene rings is 1. The largest absolute Gasteiger partial charge is 0.316 e. The van der Waals surface area contributed by atoms with Crippen molar-refractivity contribution in [2.24, 2.45) is 0 Å². The summed E-state index contributed by atoms with van der Waals surface area (Å²) in [6, 6.07) is 6.00. The molecule has 1 atom stereocenters. The number of nitrogens with one attached hydrogen (secondary N) is 1. The van der Waals surface area contributed by atoms with E-state index in [4.69, 9.17) is 11.6 Å². The van der Waals surface area contributed by atoms with E-state index >= 15 is 0 Å². The quantitative estimate of drug-likeness (QED) is 0.684. The molecule has 1 aliphatic heterocycles. The topological polar surface area (TPSA) is 12.0 Å². The van der Waals surface area contributed by atoms with Gasteiger partial charge < -0.3 is 5.32 Å². The zero-order chi connectivity index (χ0) is 9.26. The van der Waals surface area contributed by atoms with Crippen LogP contribution in [0, 0.1) is 0 Å². The Hall–Kier alpha value is -0.180. The lowest BCUT2D eigenvalue weighted by atomic mass is 9.98. The van der Waals surface area contributed by atoms with E-state index in [1.54, 1.807) is 0 Å². The molecule has 1 aliphatic rings. The highest BCUT2D eigenvalue weighted by molar-refractivity contribution is 7.80. The van der Waals surface area contributed by atoms with Crippen LogP contribution in [0.4, 0.5) is 0 Å². The minimum Gasteiger partial charge on any atom is -0.316 e. The normalized spacial score (nSPS) is 22.2. The fraction of sp³-hybridized carbons (Fsp3) is 0.400. The maximum absolute atomic E-state index is 6.13. The number of hydrogen-bond donors (Lipinski definition) is 2. The average molecular weight is 214 g/mol. The predicted octanol–water partition coefficient (Wildman–Crippen LogP) is 2.71. The second-order valence-corrected chi connectivity index (χ2v) is 4.32. The summed E-state index contributed by atoms with van der Waals surface area (Å²) in [4.78, 5) is 0.930. The van der Waals surface area contributed by atoms with E-state index in [1.165, 1.54) is 12.0 Å². The molecule has 70 valence electrons. The third kappa shape index (κ3) is 2.01. The minimum atomic E-state index is 0.585. The van der Waals surface area contributed by atoms with Crippen molar-refractivity contribution < 1.29 is 0 Å². The first-order chi connectivity index (χ1) is 6.27. The van der Waals surface area contributed by atoms with Crippen LogP contribution in [0.2, 0.25) is 5.02 Å². The van der Waals surface area contributed by atoms with E-state index in [1.807, 2.05) is 12.1 Å². The molecule has 3 heteroatoms. The lowest BCUT2D eigenvalue weighted by molar-refractivity contribution is 0.763. The monoisotopic (exact) mass is 213 g/mol. The molecule has 1 heterocycles.